The molecule has 0 nitrogen and oxygen atoms in total. The number of hydrogen-bond donors (Lipinski definition) is 1. The van der Waals surface area contributed by atoms with Crippen LogP contribution in [0.15, 0.2) is 0 Å². The summed E-state index contributed by atoms with van der Waals surface area (Å²) in [6.45, 7) is 0. The Morgan fingerprint density at radius 3 is 2.00 bits per heavy atom. The summed E-state index contributed by atoms with van der Waals surface area (Å²) in [5.41, 5.74) is 0. The molecule has 0 heterocycles. The lowest BCUT2D eigenvalue weighted by Gasteiger charge is -2.07. The molecule has 0 atom stereocenters. The van der Waals surface area contributed by atoms with Gasteiger partial charge in [0.25, 0.3) is 0 Å². The summed E-state index contributed by atoms with van der Waals surface area (Å²) >= 11 is 7.96. The summed E-state index contributed by atoms with van der Waals surface area (Å²) in [5, 5.41) is 0. The van der Waals surface area contributed by atoms with Crippen LogP contribution in [0.1, 0.15) is 6.42 Å². The van der Waals surface area contributed by atoms with Crippen LogP contribution in [0.4, 0.5) is 0 Å². The molecule has 0 aliphatic carbocycles. The van der Waals surface area contributed by atoms with Gasteiger partial charge in [-0.1, -0.05) is 0 Å². The molecule has 8 heavy (non-hydrogen) atoms. The quantitative estimate of drug-likeness (QED) is 0.505. The molecule has 0 aromatic heterocycles. The van der Waals surface area contributed by atoms with Crippen molar-refractivity contribution in [2.24, 2.45) is 0 Å². The van der Waals surface area contributed by atoms with Gasteiger partial charge in [0.15, 0.2) is 0 Å². The zero-order chi connectivity index (χ0) is 6.41. The summed E-state index contributed by atoms with van der Waals surface area (Å²) in [6, 6.07) is 0. The molecule has 50 valence electrons. The van der Waals surface area contributed by atoms with E-state index in [1.165, 1.54) is 6.42 Å². The van der Waals surface area contributed by atoms with E-state index in [9.17, 15) is 0 Å². The molecule has 0 aliphatic heterocycles. The van der Waals surface area contributed by atoms with Crippen molar-refractivity contribution in [3.05, 3.63) is 0 Å². The van der Waals surface area contributed by atoms with Gasteiger partial charge < -0.3 is 0 Å². The molecule has 0 rings (SSSR count). The second-order valence-electron chi connectivity index (χ2n) is 1.41. The van der Waals surface area contributed by atoms with Gasteiger partial charge in [0.05, 0.1) is 4.58 Å². The monoisotopic (exact) mass is 168 g/mol. The first-order valence-electron chi connectivity index (χ1n) is 2.51. The Bertz CT molecular complexity index is 42.9. The normalized spacial score (nSPS) is 10.5. The Kier molecular flexibility index (Phi) is 6.98. The molecule has 0 fully saturated rings. The third-order valence-corrected chi connectivity index (χ3v) is 3.83. The Hall–Kier alpha value is 1.05. The summed E-state index contributed by atoms with van der Waals surface area (Å²) in [5.74, 6) is 1.01. The number of thiol groups is 1. The van der Waals surface area contributed by atoms with Crippen LogP contribution in [-0.2, 0) is 0 Å². The van der Waals surface area contributed by atoms with Crippen LogP contribution in [0.2, 0.25) is 0 Å². The van der Waals surface area contributed by atoms with E-state index in [2.05, 4.69) is 25.1 Å². The highest BCUT2D eigenvalue weighted by atomic mass is 32.2. The highest BCUT2D eigenvalue weighted by molar-refractivity contribution is 8.16. The van der Waals surface area contributed by atoms with E-state index in [0.717, 1.165) is 10.3 Å². The van der Waals surface area contributed by atoms with E-state index in [4.69, 9.17) is 0 Å². The maximum atomic E-state index is 4.14. The molecule has 0 saturated carbocycles. The molecule has 0 amide bonds. The second kappa shape index (κ2) is 6.17. The Balaban J connectivity index is 3.07. The minimum absolute atomic E-state index is 0.757. The van der Waals surface area contributed by atoms with Crippen LogP contribution < -0.4 is 0 Å². The van der Waals surface area contributed by atoms with Gasteiger partial charge in [-0.15, -0.1) is 0 Å². The van der Waals surface area contributed by atoms with Crippen LogP contribution in [0, 0.1) is 0 Å². The molecular formula is C5H12S3. The van der Waals surface area contributed by atoms with E-state index in [0.29, 0.717) is 0 Å². The van der Waals surface area contributed by atoms with E-state index in [-0.39, 0.29) is 0 Å². The highest BCUT2D eigenvalue weighted by Crippen LogP contribution is 2.21. The highest BCUT2D eigenvalue weighted by Gasteiger charge is 2.00. The maximum absolute atomic E-state index is 4.14. The Morgan fingerprint density at radius 1 is 1.38 bits per heavy atom. The van der Waals surface area contributed by atoms with Crippen molar-refractivity contribution in [3.63, 3.8) is 0 Å². The van der Waals surface area contributed by atoms with Crippen LogP contribution in [0.3, 0.4) is 0 Å². The topological polar surface area (TPSA) is 0 Å². The van der Waals surface area contributed by atoms with Gasteiger partial charge in [-0.2, -0.15) is 36.2 Å². The largest absolute Gasteiger partial charge is 0.179 e. The van der Waals surface area contributed by atoms with Gasteiger partial charge in [0.2, 0.25) is 0 Å². The van der Waals surface area contributed by atoms with Gasteiger partial charge in [0.1, 0.15) is 0 Å². The standard InChI is InChI=1S/C5H12S3/c1-7-5(8-2)3-4-6/h5-6H,3-4H2,1-2H3. The van der Waals surface area contributed by atoms with Gasteiger partial charge in [-0.05, 0) is 24.7 Å². The smallest absolute Gasteiger partial charge is 0.0504 e. The Morgan fingerprint density at radius 2 is 1.88 bits per heavy atom. The fourth-order valence-corrected chi connectivity index (χ4v) is 2.52. The first kappa shape index (κ1) is 9.05. The maximum Gasteiger partial charge on any atom is 0.0504 e. The third-order valence-electron chi connectivity index (χ3n) is 0.891. The first-order valence-corrected chi connectivity index (χ1v) is 5.72. The van der Waals surface area contributed by atoms with Crippen LogP contribution in [-0.4, -0.2) is 22.8 Å². The molecule has 0 aliphatic rings. The lowest BCUT2D eigenvalue weighted by molar-refractivity contribution is 1.08. The lowest BCUT2D eigenvalue weighted by Crippen LogP contribution is -1.94. The predicted molar refractivity (Wildman–Crippen MR) is 49.3 cm³/mol. The second-order valence-corrected chi connectivity index (χ2v) is 4.24. The summed E-state index contributed by atoms with van der Waals surface area (Å²) < 4.78 is 0.757. The predicted octanol–water partition coefficient (Wildman–Crippen LogP) is 2.36. The van der Waals surface area contributed by atoms with E-state index < -0.39 is 0 Å². The fraction of sp³-hybridized carbons (Fsp3) is 1.00. The summed E-state index contributed by atoms with van der Waals surface area (Å²) in [4.78, 5) is 0. The van der Waals surface area contributed by atoms with Gasteiger partial charge in [0, 0.05) is 0 Å². The van der Waals surface area contributed by atoms with E-state index in [1.807, 2.05) is 23.5 Å². The van der Waals surface area contributed by atoms with Crippen molar-refractivity contribution < 1.29 is 0 Å². The van der Waals surface area contributed by atoms with Crippen molar-refractivity contribution in [2.75, 3.05) is 18.3 Å². The average molecular weight is 168 g/mol. The zero-order valence-electron chi connectivity index (χ0n) is 5.26. The van der Waals surface area contributed by atoms with Crippen LogP contribution >= 0.6 is 36.2 Å². The molecule has 0 spiro atoms. The number of rotatable bonds is 4. The van der Waals surface area contributed by atoms with E-state index in [1.54, 1.807) is 0 Å². The molecule has 0 N–H and O–H groups in total. The SMILES string of the molecule is CSC(CCS)SC. The Labute approximate surface area is 65.6 Å². The zero-order valence-corrected chi connectivity index (χ0v) is 7.78. The first-order chi connectivity index (χ1) is 3.85. The van der Waals surface area contributed by atoms with Crippen molar-refractivity contribution >= 4 is 36.2 Å². The molecule has 0 bridgehead atoms. The molecular weight excluding hydrogens is 156 g/mol. The molecule has 0 aromatic carbocycles. The summed E-state index contributed by atoms with van der Waals surface area (Å²) in [7, 11) is 0. The van der Waals surface area contributed by atoms with Crippen molar-refractivity contribution in [1.29, 1.82) is 0 Å². The van der Waals surface area contributed by atoms with Crippen LogP contribution in [0.5, 0.6) is 0 Å². The molecule has 0 unspecified atom stereocenters. The van der Waals surface area contributed by atoms with Gasteiger partial charge in [-0.25, -0.2) is 0 Å². The minimum Gasteiger partial charge on any atom is -0.179 e. The molecule has 3 heteroatoms. The van der Waals surface area contributed by atoms with Gasteiger partial charge in [-0.3, -0.25) is 0 Å². The summed E-state index contributed by atoms with van der Waals surface area (Å²) in [6.07, 6.45) is 5.50. The number of hydrogen-bond acceptors (Lipinski definition) is 3. The van der Waals surface area contributed by atoms with Crippen molar-refractivity contribution in [2.45, 2.75) is 11.0 Å². The lowest BCUT2D eigenvalue weighted by atomic mass is 10.6. The average Bonchev–Trinajstić information content (AvgIpc) is 1.83. The molecule has 0 saturated heterocycles. The van der Waals surface area contributed by atoms with Crippen LogP contribution in [0.25, 0.3) is 0 Å². The van der Waals surface area contributed by atoms with Crippen molar-refractivity contribution in [3.8, 4) is 0 Å². The third kappa shape index (κ3) is 3.98. The molecule has 0 aromatic rings. The van der Waals surface area contributed by atoms with Gasteiger partial charge >= 0.3 is 0 Å². The minimum atomic E-state index is 0.757. The number of thioether (sulfide) groups is 2. The fourth-order valence-electron chi connectivity index (χ4n) is 0.437. The van der Waals surface area contributed by atoms with Crippen molar-refractivity contribution in [1.82, 2.24) is 0 Å². The van der Waals surface area contributed by atoms with E-state index >= 15 is 0 Å². The molecule has 0 radical (unpaired) electrons.